The fraction of sp³-hybridized carbons (Fsp3) is 0.0625. The molecule has 2 aliphatic carbocycles. The van der Waals surface area contributed by atoms with Gasteiger partial charge in [0.15, 0.2) is 0 Å². The number of hydrogen-bond donors (Lipinski definition) is 1. The van der Waals surface area contributed by atoms with Crippen molar-refractivity contribution in [2.75, 3.05) is 5.73 Å². The van der Waals surface area contributed by atoms with Gasteiger partial charge in [0.25, 0.3) is 0 Å². The topological polar surface area (TPSA) is 26.0 Å². The van der Waals surface area contributed by atoms with Gasteiger partial charge in [-0.1, -0.05) is 97.1 Å². The molecule has 1 heteroatoms. The fourth-order valence-corrected chi connectivity index (χ4v) is 5.81. The van der Waals surface area contributed by atoms with Crippen LogP contribution in [0.5, 0.6) is 0 Å². The van der Waals surface area contributed by atoms with Crippen LogP contribution in [0.4, 0.5) is 5.69 Å². The van der Waals surface area contributed by atoms with Crippen LogP contribution in [0, 0.1) is 0 Å². The van der Waals surface area contributed by atoms with E-state index in [1.54, 1.807) is 0 Å². The lowest BCUT2D eigenvalue weighted by Gasteiger charge is -2.14. The van der Waals surface area contributed by atoms with Crippen LogP contribution in [-0.4, -0.2) is 0 Å². The number of nitrogens with two attached hydrogens (primary N) is 1. The van der Waals surface area contributed by atoms with E-state index in [-0.39, 0.29) is 0 Å². The van der Waals surface area contributed by atoms with Gasteiger partial charge in [0, 0.05) is 11.3 Å². The van der Waals surface area contributed by atoms with E-state index in [4.69, 9.17) is 5.73 Å². The summed E-state index contributed by atoms with van der Waals surface area (Å²) in [5.74, 6) is 0. The van der Waals surface area contributed by atoms with Gasteiger partial charge in [0.2, 0.25) is 0 Å². The minimum Gasteiger partial charge on any atom is -0.398 e. The Kier molecular flexibility index (Phi) is 3.89. The van der Waals surface area contributed by atoms with Crippen molar-refractivity contribution < 1.29 is 0 Å². The van der Waals surface area contributed by atoms with Gasteiger partial charge >= 0.3 is 0 Å². The SMILES string of the molecule is Nc1cc(-c2cccc3c2Cc2ccccc2-3)ccc1-c1cccc2c1Cc1ccccc1-2. The summed E-state index contributed by atoms with van der Waals surface area (Å²) < 4.78 is 0. The minimum absolute atomic E-state index is 0.838. The van der Waals surface area contributed by atoms with Crippen molar-refractivity contribution in [1.82, 2.24) is 0 Å². The summed E-state index contributed by atoms with van der Waals surface area (Å²) in [5, 5.41) is 0. The van der Waals surface area contributed by atoms with Crippen LogP contribution in [0.15, 0.2) is 103 Å². The first-order valence-corrected chi connectivity index (χ1v) is 11.6. The summed E-state index contributed by atoms with van der Waals surface area (Å²) in [6.45, 7) is 0. The second kappa shape index (κ2) is 6.95. The molecule has 2 N–H and O–H groups in total. The van der Waals surface area contributed by atoms with Crippen LogP contribution in [0.3, 0.4) is 0 Å². The molecule has 0 unspecified atom stereocenters. The van der Waals surface area contributed by atoms with Gasteiger partial charge in [-0.3, -0.25) is 0 Å². The second-order valence-corrected chi connectivity index (χ2v) is 9.13. The third-order valence-corrected chi connectivity index (χ3v) is 7.35. The Balaban J connectivity index is 1.32. The van der Waals surface area contributed by atoms with Crippen LogP contribution in [0.25, 0.3) is 44.5 Å². The summed E-state index contributed by atoms with van der Waals surface area (Å²) in [6.07, 6.45) is 1.95. The number of fused-ring (bicyclic) bond motifs is 6. The molecular weight excluding hydrogens is 398 g/mol. The van der Waals surface area contributed by atoms with E-state index in [0.29, 0.717) is 0 Å². The molecule has 0 amide bonds. The summed E-state index contributed by atoms with van der Waals surface area (Å²) >= 11 is 0. The molecule has 5 aromatic rings. The zero-order valence-corrected chi connectivity index (χ0v) is 18.3. The highest BCUT2D eigenvalue weighted by molar-refractivity contribution is 5.91. The molecule has 0 saturated heterocycles. The summed E-state index contributed by atoms with van der Waals surface area (Å²) in [7, 11) is 0. The van der Waals surface area contributed by atoms with Crippen LogP contribution in [0.1, 0.15) is 22.3 Å². The average Bonchev–Trinajstić information content (AvgIpc) is 3.42. The average molecular weight is 422 g/mol. The lowest BCUT2D eigenvalue weighted by Crippen LogP contribution is -1.95. The van der Waals surface area contributed by atoms with Gasteiger partial charge in [-0.25, -0.2) is 0 Å². The maximum atomic E-state index is 6.72. The number of benzene rings is 5. The monoisotopic (exact) mass is 421 g/mol. The van der Waals surface area contributed by atoms with Crippen molar-refractivity contribution in [1.29, 1.82) is 0 Å². The molecule has 7 rings (SSSR count). The Morgan fingerprint density at radius 2 is 0.909 bits per heavy atom. The van der Waals surface area contributed by atoms with Gasteiger partial charge < -0.3 is 5.73 Å². The highest BCUT2D eigenvalue weighted by atomic mass is 14.6. The zero-order chi connectivity index (χ0) is 21.9. The molecule has 0 spiro atoms. The van der Waals surface area contributed by atoms with E-state index < -0.39 is 0 Å². The molecule has 0 heterocycles. The standard InChI is InChI=1S/C32H23N/c33-32-19-22(25-11-5-12-26-23-9-3-1-7-20(23)17-30(25)26)15-16-29(32)28-14-6-13-27-24-10-4-2-8-21(24)18-31(27)28/h1-16,19H,17-18,33H2. The molecule has 33 heavy (non-hydrogen) atoms. The molecular formula is C32H23N. The van der Waals surface area contributed by atoms with Crippen molar-refractivity contribution in [2.24, 2.45) is 0 Å². The maximum absolute atomic E-state index is 6.72. The Labute approximate surface area is 194 Å². The Morgan fingerprint density at radius 1 is 0.424 bits per heavy atom. The van der Waals surface area contributed by atoms with Crippen molar-refractivity contribution in [3.05, 3.63) is 125 Å². The zero-order valence-electron chi connectivity index (χ0n) is 18.3. The first-order valence-electron chi connectivity index (χ1n) is 11.6. The van der Waals surface area contributed by atoms with E-state index in [9.17, 15) is 0 Å². The molecule has 0 saturated carbocycles. The van der Waals surface area contributed by atoms with Crippen molar-refractivity contribution in [3.8, 4) is 44.5 Å². The molecule has 156 valence electrons. The predicted molar refractivity (Wildman–Crippen MR) is 138 cm³/mol. The molecule has 0 aliphatic heterocycles. The number of anilines is 1. The van der Waals surface area contributed by atoms with Crippen LogP contribution >= 0.6 is 0 Å². The van der Waals surface area contributed by atoms with E-state index in [2.05, 4.69) is 103 Å². The Bertz CT molecular complexity index is 1570. The third kappa shape index (κ3) is 2.72. The van der Waals surface area contributed by atoms with Crippen molar-refractivity contribution in [2.45, 2.75) is 12.8 Å². The van der Waals surface area contributed by atoms with E-state index in [1.165, 1.54) is 61.2 Å². The molecule has 0 atom stereocenters. The Hall–Kier alpha value is -4.10. The lowest BCUT2D eigenvalue weighted by molar-refractivity contribution is 1.26. The first kappa shape index (κ1) is 18.5. The quantitative estimate of drug-likeness (QED) is 0.284. The molecule has 0 aromatic heterocycles. The second-order valence-electron chi connectivity index (χ2n) is 9.13. The smallest absolute Gasteiger partial charge is 0.0400 e. The van der Waals surface area contributed by atoms with E-state index in [0.717, 1.165) is 24.1 Å². The molecule has 0 fully saturated rings. The van der Waals surface area contributed by atoms with Gasteiger partial charge in [0.1, 0.15) is 0 Å². The van der Waals surface area contributed by atoms with Crippen LogP contribution in [0.2, 0.25) is 0 Å². The molecule has 2 aliphatic rings. The number of hydrogen-bond acceptors (Lipinski definition) is 1. The number of rotatable bonds is 2. The lowest BCUT2D eigenvalue weighted by atomic mass is 9.91. The van der Waals surface area contributed by atoms with Gasteiger partial charge in [-0.05, 0) is 80.1 Å². The summed E-state index contributed by atoms with van der Waals surface area (Å²) in [4.78, 5) is 0. The maximum Gasteiger partial charge on any atom is 0.0400 e. The first-order chi connectivity index (χ1) is 16.3. The Morgan fingerprint density at radius 3 is 1.52 bits per heavy atom. The molecule has 0 bridgehead atoms. The molecule has 1 nitrogen and oxygen atoms in total. The highest BCUT2D eigenvalue weighted by Gasteiger charge is 2.23. The number of nitrogen functional groups attached to an aromatic ring is 1. The summed E-state index contributed by atoms with van der Waals surface area (Å²) in [5.41, 5.74) is 23.4. The van der Waals surface area contributed by atoms with Gasteiger partial charge in [0.05, 0.1) is 0 Å². The van der Waals surface area contributed by atoms with Gasteiger partial charge in [-0.15, -0.1) is 0 Å². The molecule has 0 radical (unpaired) electrons. The van der Waals surface area contributed by atoms with Gasteiger partial charge in [-0.2, -0.15) is 0 Å². The highest BCUT2D eigenvalue weighted by Crippen LogP contribution is 2.45. The summed E-state index contributed by atoms with van der Waals surface area (Å²) in [6, 6.07) is 37.3. The molecule has 5 aromatic carbocycles. The van der Waals surface area contributed by atoms with Crippen molar-refractivity contribution in [3.63, 3.8) is 0 Å². The van der Waals surface area contributed by atoms with Crippen molar-refractivity contribution >= 4 is 5.69 Å². The predicted octanol–water partition coefficient (Wildman–Crippen LogP) is 7.75. The normalized spacial score (nSPS) is 12.7. The minimum atomic E-state index is 0.838. The van der Waals surface area contributed by atoms with E-state index >= 15 is 0 Å². The van der Waals surface area contributed by atoms with Crippen LogP contribution in [-0.2, 0) is 12.8 Å². The fourth-order valence-electron chi connectivity index (χ4n) is 5.81. The van der Waals surface area contributed by atoms with E-state index in [1.807, 2.05) is 0 Å². The van der Waals surface area contributed by atoms with Crippen LogP contribution < -0.4 is 5.73 Å². The third-order valence-electron chi connectivity index (χ3n) is 7.35. The largest absolute Gasteiger partial charge is 0.398 e.